The molecule has 2 heterocycles. The van der Waals surface area contributed by atoms with E-state index in [-0.39, 0.29) is 24.4 Å². The first-order valence-electron chi connectivity index (χ1n) is 5.99. The lowest BCUT2D eigenvalue weighted by Crippen LogP contribution is -2.38. The molecular formula is C10H16N8O2S. The Balaban J connectivity index is 2.22. The smallest absolute Gasteiger partial charge is 0.258 e. The molecule has 0 aliphatic rings. The molecule has 0 aromatic carbocycles. The first-order valence-corrected chi connectivity index (χ1v) is 7.88. The van der Waals surface area contributed by atoms with E-state index in [9.17, 15) is 8.42 Å². The SMILES string of the molecule is CC(C)(CNc1nc(N)nc(-n2cncn2)n1)S(C)(=O)=O. The number of nitrogen functional groups attached to an aromatic ring is 1. The fraction of sp³-hybridized carbons (Fsp3) is 0.500. The second kappa shape index (κ2) is 5.24. The minimum atomic E-state index is -3.23. The van der Waals surface area contributed by atoms with Crippen LogP contribution in [-0.4, -0.2) is 55.7 Å². The van der Waals surface area contributed by atoms with Crippen LogP contribution in [-0.2, 0) is 9.84 Å². The van der Waals surface area contributed by atoms with Gasteiger partial charge in [0.05, 0.1) is 4.75 Å². The predicted octanol–water partition coefficient (Wildman–Crippen LogP) is -0.730. The van der Waals surface area contributed by atoms with Gasteiger partial charge in [0, 0.05) is 12.8 Å². The van der Waals surface area contributed by atoms with E-state index in [2.05, 4.69) is 30.4 Å². The molecule has 11 heteroatoms. The average Bonchev–Trinajstić information content (AvgIpc) is 2.88. The first kappa shape index (κ1) is 15.1. The topological polar surface area (TPSA) is 142 Å². The molecule has 10 nitrogen and oxygen atoms in total. The normalized spacial score (nSPS) is 12.3. The number of aromatic nitrogens is 6. The molecule has 0 atom stereocenters. The van der Waals surface area contributed by atoms with Gasteiger partial charge in [-0.25, -0.2) is 13.4 Å². The van der Waals surface area contributed by atoms with E-state index in [4.69, 9.17) is 5.73 Å². The molecule has 0 amide bonds. The summed E-state index contributed by atoms with van der Waals surface area (Å²) in [5, 5.41) is 6.74. The van der Waals surface area contributed by atoms with Crippen molar-refractivity contribution in [1.82, 2.24) is 29.7 Å². The predicted molar refractivity (Wildman–Crippen MR) is 76.6 cm³/mol. The lowest BCUT2D eigenvalue weighted by atomic mass is 10.2. The summed E-state index contributed by atoms with van der Waals surface area (Å²) in [6.45, 7) is 3.35. The third kappa shape index (κ3) is 3.42. The molecule has 21 heavy (non-hydrogen) atoms. The van der Waals surface area contributed by atoms with Crippen LogP contribution < -0.4 is 11.1 Å². The van der Waals surface area contributed by atoms with Crippen LogP contribution in [0.1, 0.15) is 13.8 Å². The molecule has 2 aromatic heterocycles. The molecule has 114 valence electrons. The van der Waals surface area contributed by atoms with Gasteiger partial charge >= 0.3 is 0 Å². The summed E-state index contributed by atoms with van der Waals surface area (Å²) in [4.78, 5) is 15.7. The van der Waals surface area contributed by atoms with E-state index in [0.717, 1.165) is 0 Å². The first-order chi connectivity index (χ1) is 9.69. The summed E-state index contributed by atoms with van der Waals surface area (Å²) in [6, 6.07) is 0. The van der Waals surface area contributed by atoms with E-state index in [1.165, 1.54) is 23.6 Å². The van der Waals surface area contributed by atoms with Crippen LogP contribution in [0.25, 0.3) is 5.95 Å². The van der Waals surface area contributed by atoms with Crippen LogP contribution in [0, 0.1) is 0 Å². The Bertz CT molecular complexity index is 726. The second-order valence-electron chi connectivity index (χ2n) is 5.04. The summed E-state index contributed by atoms with van der Waals surface area (Å²) >= 11 is 0. The Kier molecular flexibility index (Phi) is 3.77. The summed E-state index contributed by atoms with van der Waals surface area (Å²) in [5.41, 5.74) is 5.61. The monoisotopic (exact) mass is 312 g/mol. The summed E-state index contributed by atoms with van der Waals surface area (Å²) in [5.74, 6) is 0.361. The number of nitrogens with two attached hydrogens (primary N) is 1. The number of sulfone groups is 1. The highest BCUT2D eigenvalue weighted by atomic mass is 32.2. The van der Waals surface area contributed by atoms with Gasteiger partial charge in [0.15, 0.2) is 9.84 Å². The quantitative estimate of drug-likeness (QED) is 0.730. The van der Waals surface area contributed by atoms with E-state index in [1.807, 2.05) is 0 Å². The largest absolute Gasteiger partial charge is 0.368 e. The van der Waals surface area contributed by atoms with Gasteiger partial charge in [-0.1, -0.05) is 0 Å². The van der Waals surface area contributed by atoms with Crippen molar-refractivity contribution in [2.24, 2.45) is 0 Å². The standard InChI is InChI=1S/C10H16N8O2S/c1-10(2,21(3,19)20)4-13-8-15-7(11)16-9(17-8)18-6-12-5-14-18/h5-6H,4H2,1-3H3,(H3,11,13,15,16,17). The molecule has 0 radical (unpaired) electrons. The van der Waals surface area contributed by atoms with Gasteiger partial charge in [0.2, 0.25) is 11.9 Å². The number of nitrogens with one attached hydrogen (secondary N) is 1. The van der Waals surface area contributed by atoms with Crippen LogP contribution in [0.3, 0.4) is 0 Å². The maximum absolute atomic E-state index is 11.7. The van der Waals surface area contributed by atoms with E-state index < -0.39 is 14.6 Å². The highest BCUT2D eigenvalue weighted by molar-refractivity contribution is 7.92. The molecule has 0 aliphatic heterocycles. The highest BCUT2D eigenvalue weighted by Crippen LogP contribution is 2.16. The lowest BCUT2D eigenvalue weighted by molar-refractivity contribution is 0.559. The molecule has 0 saturated carbocycles. The van der Waals surface area contributed by atoms with Gasteiger partial charge in [0.1, 0.15) is 12.7 Å². The fourth-order valence-corrected chi connectivity index (χ4v) is 1.63. The molecule has 0 unspecified atom stereocenters. The van der Waals surface area contributed by atoms with Crippen molar-refractivity contribution in [1.29, 1.82) is 0 Å². The van der Waals surface area contributed by atoms with Gasteiger partial charge < -0.3 is 11.1 Å². The fourth-order valence-electron chi connectivity index (χ4n) is 1.30. The molecule has 0 fully saturated rings. The van der Waals surface area contributed by atoms with E-state index >= 15 is 0 Å². The van der Waals surface area contributed by atoms with Crippen LogP contribution in [0.2, 0.25) is 0 Å². The lowest BCUT2D eigenvalue weighted by Gasteiger charge is -2.22. The van der Waals surface area contributed by atoms with Crippen molar-refractivity contribution in [2.75, 3.05) is 23.9 Å². The third-order valence-electron chi connectivity index (χ3n) is 2.94. The van der Waals surface area contributed by atoms with Crippen molar-refractivity contribution >= 4 is 21.7 Å². The van der Waals surface area contributed by atoms with Gasteiger partial charge in [-0.2, -0.15) is 24.7 Å². The van der Waals surface area contributed by atoms with Crippen molar-refractivity contribution in [3.8, 4) is 5.95 Å². The molecule has 2 rings (SSSR count). The Labute approximate surface area is 121 Å². The van der Waals surface area contributed by atoms with E-state index in [0.29, 0.717) is 0 Å². The number of anilines is 2. The Morgan fingerprint density at radius 1 is 1.33 bits per heavy atom. The Hall–Kier alpha value is -2.30. The molecule has 0 aliphatic carbocycles. The van der Waals surface area contributed by atoms with Gasteiger partial charge in [-0.15, -0.1) is 0 Å². The van der Waals surface area contributed by atoms with Crippen molar-refractivity contribution in [3.05, 3.63) is 12.7 Å². The molecular weight excluding hydrogens is 296 g/mol. The van der Waals surface area contributed by atoms with Crippen LogP contribution in [0.5, 0.6) is 0 Å². The minimum Gasteiger partial charge on any atom is -0.368 e. The average molecular weight is 312 g/mol. The zero-order valence-electron chi connectivity index (χ0n) is 11.8. The minimum absolute atomic E-state index is 0.00448. The Morgan fingerprint density at radius 3 is 2.62 bits per heavy atom. The third-order valence-corrected chi connectivity index (χ3v) is 5.09. The zero-order valence-corrected chi connectivity index (χ0v) is 12.7. The van der Waals surface area contributed by atoms with Crippen LogP contribution in [0.4, 0.5) is 11.9 Å². The van der Waals surface area contributed by atoms with Gasteiger partial charge in [-0.05, 0) is 13.8 Å². The maximum atomic E-state index is 11.7. The van der Waals surface area contributed by atoms with E-state index in [1.54, 1.807) is 13.8 Å². The van der Waals surface area contributed by atoms with Crippen molar-refractivity contribution in [3.63, 3.8) is 0 Å². The Morgan fingerprint density at radius 2 is 2.05 bits per heavy atom. The summed E-state index contributed by atoms with van der Waals surface area (Å²) < 4.78 is 23.7. The molecule has 2 aromatic rings. The second-order valence-corrected chi connectivity index (χ2v) is 7.69. The number of hydrogen-bond acceptors (Lipinski definition) is 9. The molecule has 0 saturated heterocycles. The number of hydrogen-bond donors (Lipinski definition) is 2. The maximum Gasteiger partial charge on any atom is 0.258 e. The van der Waals surface area contributed by atoms with Crippen LogP contribution in [0.15, 0.2) is 12.7 Å². The van der Waals surface area contributed by atoms with Crippen molar-refractivity contribution in [2.45, 2.75) is 18.6 Å². The molecule has 0 spiro atoms. The van der Waals surface area contributed by atoms with Crippen molar-refractivity contribution < 1.29 is 8.42 Å². The van der Waals surface area contributed by atoms with Gasteiger partial charge in [0.25, 0.3) is 5.95 Å². The molecule has 0 bridgehead atoms. The number of rotatable bonds is 5. The summed E-state index contributed by atoms with van der Waals surface area (Å²) in [6.07, 6.45) is 3.93. The summed E-state index contributed by atoms with van der Waals surface area (Å²) in [7, 11) is -3.23. The zero-order chi connectivity index (χ0) is 15.7. The highest BCUT2D eigenvalue weighted by Gasteiger charge is 2.30. The van der Waals surface area contributed by atoms with Gasteiger partial charge in [-0.3, -0.25) is 0 Å². The number of nitrogens with zero attached hydrogens (tertiary/aromatic N) is 6. The van der Waals surface area contributed by atoms with Crippen LogP contribution >= 0.6 is 0 Å². The molecule has 3 N–H and O–H groups in total.